The molecule has 0 fully saturated rings. The van der Waals surface area contributed by atoms with Gasteiger partial charge >= 0.3 is 0 Å². The molecule has 1 heterocycles. The van der Waals surface area contributed by atoms with Crippen molar-refractivity contribution in [2.45, 2.75) is 26.0 Å². The number of hydrogen-bond acceptors (Lipinski definition) is 4. The monoisotopic (exact) mass is 230 g/mol. The molecule has 1 aliphatic rings. The van der Waals surface area contributed by atoms with Crippen LogP contribution in [0.15, 0.2) is 40.5 Å². The zero-order valence-electron chi connectivity index (χ0n) is 9.83. The zero-order chi connectivity index (χ0) is 12.3. The van der Waals surface area contributed by atoms with Gasteiger partial charge in [-0.3, -0.25) is 0 Å². The smallest absolute Gasteiger partial charge is 0.235 e. The third-order valence-electron chi connectivity index (χ3n) is 3.02. The Balaban J connectivity index is 2.27. The number of rotatable bonds is 3. The highest BCUT2D eigenvalue weighted by molar-refractivity contribution is 5.86. The van der Waals surface area contributed by atoms with Crippen molar-refractivity contribution in [1.82, 2.24) is 0 Å². The first-order chi connectivity index (χ1) is 8.24. The van der Waals surface area contributed by atoms with Crippen LogP contribution in [0.2, 0.25) is 0 Å². The first-order valence-electron chi connectivity index (χ1n) is 5.56. The molecule has 1 aromatic rings. The van der Waals surface area contributed by atoms with E-state index in [4.69, 9.17) is 4.84 Å². The summed E-state index contributed by atoms with van der Waals surface area (Å²) in [5, 5.41) is 4.01. The second-order valence-electron chi connectivity index (χ2n) is 4.16. The van der Waals surface area contributed by atoms with Gasteiger partial charge in [-0.15, -0.1) is 0 Å². The molecule has 88 valence electrons. The lowest BCUT2D eigenvalue weighted by molar-refractivity contribution is 0.0569. The van der Waals surface area contributed by atoms with E-state index in [1.165, 1.54) is 0 Å². The van der Waals surface area contributed by atoms with Crippen LogP contribution in [-0.4, -0.2) is 17.8 Å². The van der Waals surface area contributed by atoms with Crippen molar-refractivity contribution in [2.75, 3.05) is 0 Å². The number of aliphatic imine (C=N–C) groups is 1. The van der Waals surface area contributed by atoms with E-state index in [9.17, 15) is 4.79 Å². The van der Waals surface area contributed by atoms with E-state index in [1.54, 1.807) is 6.08 Å². The lowest BCUT2D eigenvalue weighted by Gasteiger charge is -2.20. The van der Waals surface area contributed by atoms with E-state index in [0.29, 0.717) is 0 Å². The highest BCUT2D eigenvalue weighted by Crippen LogP contribution is 2.35. The summed E-state index contributed by atoms with van der Waals surface area (Å²) < 4.78 is 0. The second-order valence-corrected chi connectivity index (χ2v) is 4.16. The minimum Gasteiger partial charge on any atom is -0.387 e. The molecule has 0 spiro atoms. The van der Waals surface area contributed by atoms with Gasteiger partial charge in [0.1, 0.15) is 0 Å². The molecular weight excluding hydrogens is 216 g/mol. The van der Waals surface area contributed by atoms with Gasteiger partial charge in [0.15, 0.2) is 6.10 Å². The summed E-state index contributed by atoms with van der Waals surface area (Å²) in [5.74, 6) is -0.00106. The number of benzene rings is 1. The van der Waals surface area contributed by atoms with E-state index in [1.807, 2.05) is 44.2 Å². The largest absolute Gasteiger partial charge is 0.387 e. The van der Waals surface area contributed by atoms with Crippen LogP contribution in [0.3, 0.4) is 0 Å². The maximum Gasteiger partial charge on any atom is 0.235 e. The topological polar surface area (TPSA) is 51.0 Å². The summed E-state index contributed by atoms with van der Waals surface area (Å²) in [6.07, 6.45) is 1.44. The molecule has 2 rings (SSSR count). The molecule has 2 unspecified atom stereocenters. The summed E-state index contributed by atoms with van der Waals surface area (Å²) in [6.45, 7) is 3.77. The molecule has 0 aliphatic carbocycles. The molecule has 4 nitrogen and oxygen atoms in total. The SMILES string of the molecule is CC1=NOC(c2ccccc2)C1[C@H](C)N=C=O. The molecule has 0 N–H and O–H groups in total. The Bertz CT molecular complexity index is 464. The quantitative estimate of drug-likeness (QED) is 0.591. The number of oxime groups is 1. The Labute approximate surface area is 100.0 Å². The van der Waals surface area contributed by atoms with E-state index in [2.05, 4.69) is 10.1 Å². The molecule has 0 amide bonds. The van der Waals surface area contributed by atoms with Gasteiger partial charge in [-0.05, 0) is 19.4 Å². The van der Waals surface area contributed by atoms with Crippen molar-refractivity contribution in [3.8, 4) is 0 Å². The average Bonchev–Trinajstić information content (AvgIpc) is 2.73. The van der Waals surface area contributed by atoms with Crippen LogP contribution in [0.25, 0.3) is 0 Å². The van der Waals surface area contributed by atoms with Gasteiger partial charge in [0.05, 0.1) is 17.7 Å². The molecule has 3 atom stereocenters. The Morgan fingerprint density at radius 3 is 2.76 bits per heavy atom. The van der Waals surface area contributed by atoms with Gasteiger partial charge in [-0.2, -0.15) is 0 Å². The normalized spacial score (nSPS) is 24.5. The second kappa shape index (κ2) is 4.93. The van der Waals surface area contributed by atoms with Gasteiger partial charge in [0.25, 0.3) is 0 Å². The van der Waals surface area contributed by atoms with Crippen molar-refractivity contribution in [2.24, 2.45) is 16.1 Å². The molecule has 1 aromatic carbocycles. The predicted molar refractivity (Wildman–Crippen MR) is 64.5 cm³/mol. The number of isocyanates is 1. The van der Waals surface area contributed by atoms with Crippen LogP contribution in [0.5, 0.6) is 0 Å². The fourth-order valence-electron chi connectivity index (χ4n) is 2.16. The number of carbonyl (C=O) groups excluding carboxylic acids is 1. The summed E-state index contributed by atoms with van der Waals surface area (Å²) in [7, 11) is 0. The van der Waals surface area contributed by atoms with Gasteiger partial charge in [0, 0.05) is 0 Å². The lowest BCUT2D eigenvalue weighted by Crippen LogP contribution is -2.25. The molecule has 0 saturated heterocycles. The Morgan fingerprint density at radius 2 is 2.12 bits per heavy atom. The number of nitrogens with zero attached hydrogens (tertiary/aromatic N) is 2. The van der Waals surface area contributed by atoms with Gasteiger partial charge in [-0.1, -0.05) is 35.5 Å². The van der Waals surface area contributed by atoms with E-state index in [0.717, 1.165) is 11.3 Å². The number of hydrogen-bond donors (Lipinski definition) is 0. The van der Waals surface area contributed by atoms with E-state index < -0.39 is 0 Å². The zero-order valence-corrected chi connectivity index (χ0v) is 9.83. The fourth-order valence-corrected chi connectivity index (χ4v) is 2.16. The first kappa shape index (κ1) is 11.6. The summed E-state index contributed by atoms with van der Waals surface area (Å²) in [4.78, 5) is 19.5. The van der Waals surface area contributed by atoms with Crippen LogP contribution in [0.4, 0.5) is 0 Å². The minimum absolute atomic E-state index is 0.00106. The first-order valence-corrected chi connectivity index (χ1v) is 5.56. The average molecular weight is 230 g/mol. The molecule has 4 heteroatoms. The van der Waals surface area contributed by atoms with Crippen LogP contribution in [0.1, 0.15) is 25.5 Å². The van der Waals surface area contributed by atoms with Crippen molar-refractivity contribution in [3.05, 3.63) is 35.9 Å². The van der Waals surface area contributed by atoms with Crippen molar-refractivity contribution in [3.63, 3.8) is 0 Å². The fraction of sp³-hybridized carbons (Fsp3) is 0.385. The minimum atomic E-state index is -0.177. The highest BCUT2D eigenvalue weighted by Gasteiger charge is 2.37. The molecule has 0 aromatic heterocycles. The third-order valence-corrected chi connectivity index (χ3v) is 3.02. The van der Waals surface area contributed by atoms with Gasteiger partial charge < -0.3 is 4.84 Å². The predicted octanol–water partition coefficient (Wildman–Crippen LogP) is 2.47. The lowest BCUT2D eigenvalue weighted by atomic mass is 9.87. The van der Waals surface area contributed by atoms with E-state index >= 15 is 0 Å². The molecule has 0 saturated carbocycles. The summed E-state index contributed by atoms with van der Waals surface area (Å²) in [6, 6.07) is 9.66. The van der Waals surface area contributed by atoms with Crippen LogP contribution in [-0.2, 0) is 9.63 Å². The van der Waals surface area contributed by atoms with Gasteiger partial charge in [0.2, 0.25) is 6.08 Å². The van der Waals surface area contributed by atoms with Crippen LogP contribution < -0.4 is 0 Å². The van der Waals surface area contributed by atoms with Crippen molar-refractivity contribution >= 4 is 11.8 Å². The Kier molecular flexibility index (Phi) is 3.35. The maximum atomic E-state index is 10.3. The highest BCUT2D eigenvalue weighted by atomic mass is 16.6. The molecule has 17 heavy (non-hydrogen) atoms. The van der Waals surface area contributed by atoms with E-state index in [-0.39, 0.29) is 18.1 Å². The van der Waals surface area contributed by atoms with Crippen molar-refractivity contribution < 1.29 is 9.63 Å². The maximum absolute atomic E-state index is 10.3. The molecule has 0 radical (unpaired) electrons. The summed E-state index contributed by atoms with van der Waals surface area (Å²) in [5.41, 5.74) is 1.91. The molecule has 1 aliphatic heterocycles. The molecular formula is C13H14N2O2. The van der Waals surface area contributed by atoms with Crippen LogP contribution in [0, 0.1) is 5.92 Å². The summed E-state index contributed by atoms with van der Waals surface area (Å²) >= 11 is 0. The van der Waals surface area contributed by atoms with Gasteiger partial charge in [-0.25, -0.2) is 9.79 Å². The Hall–Kier alpha value is -1.93. The standard InChI is InChI=1S/C13H14N2O2/c1-9(14-8-16)12-10(2)15-17-13(12)11-6-4-3-5-7-11/h3-7,9,12-13H,1-2H3/t9-,12?,13?/m0/s1. The third kappa shape index (κ3) is 2.27. The molecule has 0 bridgehead atoms. The van der Waals surface area contributed by atoms with Crippen LogP contribution >= 0.6 is 0 Å². The van der Waals surface area contributed by atoms with Crippen molar-refractivity contribution in [1.29, 1.82) is 0 Å². The Morgan fingerprint density at radius 1 is 1.41 bits per heavy atom.